The lowest BCUT2D eigenvalue weighted by Gasteiger charge is -2.32. The molecule has 0 radical (unpaired) electrons. The third-order valence-corrected chi connectivity index (χ3v) is 5.70. The number of hydrogen-bond donors (Lipinski definition) is 2. The summed E-state index contributed by atoms with van der Waals surface area (Å²) in [6.07, 6.45) is 8.01. The fraction of sp³-hybridized carbons (Fsp3) is 0.476. The lowest BCUT2D eigenvalue weighted by Crippen LogP contribution is -2.45. The Labute approximate surface area is 165 Å². The van der Waals surface area contributed by atoms with Gasteiger partial charge in [-0.05, 0) is 37.8 Å². The summed E-state index contributed by atoms with van der Waals surface area (Å²) in [6.45, 7) is 1.10. The van der Waals surface area contributed by atoms with E-state index in [1.54, 1.807) is 11.1 Å². The molecule has 1 aromatic heterocycles. The van der Waals surface area contributed by atoms with E-state index < -0.39 is 0 Å². The molecule has 148 valence electrons. The number of carbonyl (C=O) groups is 2. The van der Waals surface area contributed by atoms with Crippen molar-refractivity contribution in [3.05, 3.63) is 42.6 Å². The van der Waals surface area contributed by atoms with Crippen molar-refractivity contribution < 1.29 is 9.59 Å². The fourth-order valence-corrected chi connectivity index (χ4v) is 4.18. The van der Waals surface area contributed by atoms with Crippen molar-refractivity contribution in [1.82, 2.24) is 14.7 Å². The normalized spacial score (nSPS) is 20.1. The van der Waals surface area contributed by atoms with Gasteiger partial charge in [0.1, 0.15) is 5.82 Å². The Hall–Kier alpha value is -2.83. The van der Waals surface area contributed by atoms with Crippen LogP contribution in [0.3, 0.4) is 0 Å². The van der Waals surface area contributed by atoms with Gasteiger partial charge in [-0.3, -0.25) is 4.79 Å². The smallest absolute Gasteiger partial charge is 0.321 e. The molecule has 1 aromatic carbocycles. The molecule has 2 fully saturated rings. The molecule has 0 bridgehead atoms. The first-order valence-electron chi connectivity index (χ1n) is 10.2. The molecule has 2 aromatic rings. The predicted octanol–water partition coefficient (Wildman–Crippen LogP) is 3.88. The number of urea groups is 1. The zero-order valence-electron chi connectivity index (χ0n) is 16.0. The molecule has 1 aliphatic heterocycles. The third kappa shape index (κ3) is 4.18. The summed E-state index contributed by atoms with van der Waals surface area (Å²) in [5.41, 5.74) is 0.763. The predicted molar refractivity (Wildman–Crippen MR) is 108 cm³/mol. The fourth-order valence-electron chi connectivity index (χ4n) is 4.18. The van der Waals surface area contributed by atoms with E-state index in [-0.39, 0.29) is 17.9 Å². The number of piperidine rings is 1. The van der Waals surface area contributed by atoms with Crippen LogP contribution in [0, 0.1) is 5.92 Å². The topological polar surface area (TPSA) is 79.3 Å². The minimum absolute atomic E-state index is 0.0306. The summed E-state index contributed by atoms with van der Waals surface area (Å²) < 4.78 is 1.95. The number of anilines is 2. The molecule has 2 aliphatic rings. The molecule has 1 aliphatic carbocycles. The highest BCUT2D eigenvalue weighted by atomic mass is 16.2. The molecule has 2 N–H and O–H groups in total. The van der Waals surface area contributed by atoms with E-state index in [1.165, 1.54) is 12.8 Å². The number of carbonyl (C=O) groups excluding carboxylic acids is 2. The number of hydrogen-bond acceptors (Lipinski definition) is 3. The second-order valence-corrected chi connectivity index (χ2v) is 7.67. The molecule has 1 saturated carbocycles. The summed E-state index contributed by atoms with van der Waals surface area (Å²) in [5.74, 6) is 0.530. The average Bonchev–Trinajstić information content (AvgIpc) is 3.40. The number of para-hydroxylation sites is 1. The van der Waals surface area contributed by atoms with Crippen molar-refractivity contribution in [1.29, 1.82) is 0 Å². The van der Waals surface area contributed by atoms with Crippen LogP contribution in [0.1, 0.15) is 44.6 Å². The van der Waals surface area contributed by atoms with Crippen LogP contribution in [0.4, 0.5) is 16.3 Å². The zero-order chi connectivity index (χ0) is 19.3. The summed E-state index contributed by atoms with van der Waals surface area (Å²) in [5, 5.41) is 10.4. The van der Waals surface area contributed by atoms with E-state index in [2.05, 4.69) is 15.7 Å². The summed E-state index contributed by atoms with van der Waals surface area (Å²) in [6, 6.07) is 11.5. The van der Waals surface area contributed by atoms with Gasteiger partial charge in [-0.1, -0.05) is 31.0 Å². The Kier molecular flexibility index (Phi) is 5.60. The van der Waals surface area contributed by atoms with Crippen LogP contribution in [-0.2, 0) is 4.79 Å². The molecule has 1 unspecified atom stereocenters. The minimum atomic E-state index is -0.206. The molecule has 28 heavy (non-hydrogen) atoms. The average molecular weight is 381 g/mol. The van der Waals surface area contributed by atoms with E-state index in [0.29, 0.717) is 19.1 Å². The Balaban J connectivity index is 1.36. The lowest BCUT2D eigenvalue weighted by atomic mass is 9.97. The van der Waals surface area contributed by atoms with Crippen LogP contribution in [0.25, 0.3) is 0 Å². The van der Waals surface area contributed by atoms with E-state index in [1.807, 2.05) is 41.1 Å². The van der Waals surface area contributed by atoms with E-state index in [4.69, 9.17) is 0 Å². The molecule has 4 rings (SSSR count). The van der Waals surface area contributed by atoms with Crippen LogP contribution < -0.4 is 10.6 Å². The van der Waals surface area contributed by atoms with Gasteiger partial charge in [0.25, 0.3) is 0 Å². The highest BCUT2D eigenvalue weighted by molar-refractivity contribution is 5.93. The second kappa shape index (κ2) is 8.46. The Morgan fingerprint density at radius 2 is 1.75 bits per heavy atom. The zero-order valence-corrected chi connectivity index (χ0v) is 16.0. The first kappa shape index (κ1) is 18.5. The number of nitrogens with one attached hydrogen (secondary N) is 2. The molecular weight excluding hydrogens is 354 g/mol. The van der Waals surface area contributed by atoms with Crippen molar-refractivity contribution in [3.8, 4) is 0 Å². The molecule has 1 atom stereocenters. The Bertz CT molecular complexity index is 813. The number of amides is 3. The van der Waals surface area contributed by atoms with Gasteiger partial charge < -0.3 is 15.5 Å². The monoisotopic (exact) mass is 381 g/mol. The molecule has 7 nitrogen and oxygen atoms in total. The van der Waals surface area contributed by atoms with E-state index in [0.717, 1.165) is 37.2 Å². The van der Waals surface area contributed by atoms with Gasteiger partial charge in [0.05, 0.1) is 18.2 Å². The molecule has 0 spiro atoms. The van der Waals surface area contributed by atoms with Gasteiger partial charge in [-0.2, -0.15) is 5.10 Å². The quantitative estimate of drug-likeness (QED) is 0.843. The SMILES string of the molecule is O=C(Nc1ccnn1C1CCCC1)C1CCCN(C(=O)Nc2ccccc2)C1. The van der Waals surface area contributed by atoms with Crippen LogP contribution in [-0.4, -0.2) is 39.7 Å². The van der Waals surface area contributed by atoms with Gasteiger partial charge in [0.15, 0.2) is 0 Å². The van der Waals surface area contributed by atoms with Crippen molar-refractivity contribution in [2.45, 2.75) is 44.6 Å². The largest absolute Gasteiger partial charge is 0.324 e. The lowest BCUT2D eigenvalue weighted by molar-refractivity contribution is -0.121. The van der Waals surface area contributed by atoms with Crippen LogP contribution in [0.15, 0.2) is 42.6 Å². The van der Waals surface area contributed by atoms with Crippen molar-refractivity contribution in [3.63, 3.8) is 0 Å². The molecule has 3 amide bonds. The Morgan fingerprint density at radius 3 is 2.54 bits per heavy atom. The maximum absolute atomic E-state index is 12.8. The molecular formula is C21H27N5O2. The number of aromatic nitrogens is 2. The van der Waals surface area contributed by atoms with Crippen LogP contribution in [0.2, 0.25) is 0 Å². The number of nitrogens with zero attached hydrogens (tertiary/aromatic N) is 3. The number of likely N-dealkylation sites (tertiary alicyclic amines) is 1. The summed E-state index contributed by atoms with van der Waals surface area (Å²) in [4.78, 5) is 27.1. The van der Waals surface area contributed by atoms with Crippen LogP contribution >= 0.6 is 0 Å². The van der Waals surface area contributed by atoms with E-state index >= 15 is 0 Å². The van der Waals surface area contributed by atoms with Crippen LogP contribution in [0.5, 0.6) is 0 Å². The van der Waals surface area contributed by atoms with Gasteiger partial charge in [0.2, 0.25) is 5.91 Å². The standard InChI is InChI=1S/C21H27N5O2/c27-20(24-19-12-13-22-26(19)18-10-4-5-11-18)16-7-6-14-25(15-16)21(28)23-17-8-2-1-3-9-17/h1-3,8-9,12-13,16,18H,4-7,10-11,14-15H2,(H,23,28)(H,24,27). The molecule has 7 heteroatoms. The third-order valence-electron chi connectivity index (χ3n) is 5.70. The minimum Gasteiger partial charge on any atom is -0.324 e. The van der Waals surface area contributed by atoms with Crippen molar-refractivity contribution in [2.75, 3.05) is 23.7 Å². The maximum atomic E-state index is 12.8. The Morgan fingerprint density at radius 1 is 0.964 bits per heavy atom. The van der Waals surface area contributed by atoms with Gasteiger partial charge >= 0.3 is 6.03 Å². The highest BCUT2D eigenvalue weighted by Gasteiger charge is 2.29. The van der Waals surface area contributed by atoms with Gasteiger partial charge in [0, 0.05) is 24.8 Å². The van der Waals surface area contributed by atoms with Crippen molar-refractivity contribution >= 4 is 23.4 Å². The summed E-state index contributed by atoms with van der Waals surface area (Å²) in [7, 11) is 0. The summed E-state index contributed by atoms with van der Waals surface area (Å²) >= 11 is 0. The van der Waals surface area contributed by atoms with Gasteiger partial charge in [-0.15, -0.1) is 0 Å². The number of benzene rings is 1. The highest BCUT2D eigenvalue weighted by Crippen LogP contribution is 2.31. The maximum Gasteiger partial charge on any atom is 0.321 e. The first-order chi connectivity index (χ1) is 13.7. The second-order valence-electron chi connectivity index (χ2n) is 7.67. The first-order valence-corrected chi connectivity index (χ1v) is 10.2. The van der Waals surface area contributed by atoms with Gasteiger partial charge in [-0.25, -0.2) is 9.48 Å². The molecule has 1 saturated heterocycles. The number of rotatable bonds is 4. The van der Waals surface area contributed by atoms with E-state index in [9.17, 15) is 9.59 Å². The van der Waals surface area contributed by atoms with Crippen molar-refractivity contribution in [2.24, 2.45) is 5.92 Å². The molecule has 2 heterocycles.